The Kier molecular flexibility index (Phi) is 4.70. The van der Waals surface area contributed by atoms with Crippen LogP contribution in [0.25, 0.3) is 0 Å². The second kappa shape index (κ2) is 5.58. The molecule has 78 valence electrons. The molecule has 2 unspecified atom stereocenters. The van der Waals surface area contributed by atoms with Gasteiger partial charge in [-0.25, -0.2) is 0 Å². The third-order valence-electron chi connectivity index (χ3n) is 2.81. The molecule has 0 aromatic heterocycles. The van der Waals surface area contributed by atoms with E-state index in [2.05, 4.69) is 18.7 Å². The summed E-state index contributed by atoms with van der Waals surface area (Å²) >= 11 is 0. The second-order valence-corrected chi connectivity index (χ2v) is 3.68. The highest BCUT2D eigenvalue weighted by molar-refractivity contribution is 4.76. The quantitative estimate of drug-likeness (QED) is 0.691. The lowest BCUT2D eigenvalue weighted by molar-refractivity contribution is 0.0290. The number of likely N-dealkylation sites (N-methyl/N-ethyl adjacent to an activating group) is 1. The highest BCUT2D eigenvalue weighted by Gasteiger charge is 2.24. The largest absolute Gasteiger partial charge is 0.372 e. The third-order valence-corrected chi connectivity index (χ3v) is 2.81. The van der Waals surface area contributed by atoms with Crippen molar-refractivity contribution in [3.63, 3.8) is 0 Å². The highest BCUT2D eigenvalue weighted by atomic mass is 16.5. The van der Waals surface area contributed by atoms with E-state index < -0.39 is 0 Å². The standard InChI is InChI=1S/C10H22N2O/c1-3-12(4-2)8-10-6-5-9(7-11)13-10/h9-10H,3-8,11H2,1-2H3. The molecule has 0 aromatic rings. The lowest BCUT2D eigenvalue weighted by Gasteiger charge is -2.22. The first-order valence-corrected chi connectivity index (χ1v) is 5.38. The van der Waals surface area contributed by atoms with Crippen molar-refractivity contribution in [1.82, 2.24) is 4.90 Å². The first kappa shape index (κ1) is 11.0. The molecule has 3 heteroatoms. The van der Waals surface area contributed by atoms with Gasteiger partial charge in [-0.05, 0) is 25.9 Å². The van der Waals surface area contributed by atoms with E-state index in [-0.39, 0.29) is 0 Å². The van der Waals surface area contributed by atoms with Gasteiger partial charge in [-0.3, -0.25) is 0 Å². The Bertz CT molecular complexity index is 137. The fourth-order valence-corrected chi connectivity index (χ4v) is 1.86. The van der Waals surface area contributed by atoms with E-state index in [9.17, 15) is 0 Å². The monoisotopic (exact) mass is 186 g/mol. The first-order valence-electron chi connectivity index (χ1n) is 5.38. The van der Waals surface area contributed by atoms with E-state index >= 15 is 0 Å². The summed E-state index contributed by atoms with van der Waals surface area (Å²) < 4.78 is 5.78. The summed E-state index contributed by atoms with van der Waals surface area (Å²) in [6, 6.07) is 0. The van der Waals surface area contributed by atoms with Crippen molar-refractivity contribution in [3.8, 4) is 0 Å². The van der Waals surface area contributed by atoms with Crippen molar-refractivity contribution in [2.24, 2.45) is 5.73 Å². The van der Waals surface area contributed by atoms with Crippen molar-refractivity contribution < 1.29 is 4.74 Å². The molecule has 0 spiro atoms. The van der Waals surface area contributed by atoms with Gasteiger partial charge in [0.15, 0.2) is 0 Å². The van der Waals surface area contributed by atoms with Crippen LogP contribution in [0.2, 0.25) is 0 Å². The molecule has 1 fully saturated rings. The Balaban J connectivity index is 2.22. The van der Waals surface area contributed by atoms with Crippen LogP contribution >= 0.6 is 0 Å². The van der Waals surface area contributed by atoms with Crippen LogP contribution in [0.3, 0.4) is 0 Å². The predicted molar refractivity (Wildman–Crippen MR) is 54.7 cm³/mol. The van der Waals surface area contributed by atoms with Gasteiger partial charge >= 0.3 is 0 Å². The van der Waals surface area contributed by atoms with Crippen molar-refractivity contribution >= 4 is 0 Å². The van der Waals surface area contributed by atoms with E-state index in [4.69, 9.17) is 10.5 Å². The van der Waals surface area contributed by atoms with Gasteiger partial charge in [0.1, 0.15) is 0 Å². The lowest BCUT2D eigenvalue weighted by atomic mass is 10.2. The molecular weight excluding hydrogens is 164 g/mol. The van der Waals surface area contributed by atoms with E-state index in [0.717, 1.165) is 26.1 Å². The van der Waals surface area contributed by atoms with Crippen LogP contribution in [0.1, 0.15) is 26.7 Å². The summed E-state index contributed by atoms with van der Waals surface area (Å²) in [4.78, 5) is 2.41. The number of ether oxygens (including phenoxy) is 1. The van der Waals surface area contributed by atoms with Gasteiger partial charge in [0.2, 0.25) is 0 Å². The number of hydrogen-bond acceptors (Lipinski definition) is 3. The molecule has 13 heavy (non-hydrogen) atoms. The van der Waals surface area contributed by atoms with Crippen LogP contribution in [0.4, 0.5) is 0 Å². The maximum atomic E-state index is 5.78. The zero-order valence-corrected chi connectivity index (χ0v) is 8.83. The minimum Gasteiger partial charge on any atom is -0.372 e. The van der Waals surface area contributed by atoms with Crippen LogP contribution < -0.4 is 5.73 Å². The molecular formula is C10H22N2O. The molecule has 0 bridgehead atoms. The zero-order valence-electron chi connectivity index (χ0n) is 8.83. The fourth-order valence-electron chi connectivity index (χ4n) is 1.86. The van der Waals surface area contributed by atoms with Gasteiger partial charge in [-0.1, -0.05) is 13.8 Å². The molecule has 1 heterocycles. The summed E-state index contributed by atoms with van der Waals surface area (Å²) in [5.41, 5.74) is 5.55. The molecule has 2 atom stereocenters. The second-order valence-electron chi connectivity index (χ2n) is 3.68. The lowest BCUT2D eigenvalue weighted by Crippen LogP contribution is -2.33. The summed E-state index contributed by atoms with van der Waals surface area (Å²) in [6.45, 7) is 8.36. The van der Waals surface area contributed by atoms with Crippen molar-refractivity contribution in [3.05, 3.63) is 0 Å². The molecule has 0 aromatic carbocycles. The van der Waals surface area contributed by atoms with E-state index in [1.165, 1.54) is 6.42 Å². The van der Waals surface area contributed by atoms with E-state index in [0.29, 0.717) is 18.8 Å². The van der Waals surface area contributed by atoms with Crippen LogP contribution in [0.15, 0.2) is 0 Å². The average molecular weight is 186 g/mol. The number of hydrogen-bond donors (Lipinski definition) is 1. The van der Waals surface area contributed by atoms with Gasteiger partial charge in [-0.2, -0.15) is 0 Å². The Labute approximate surface area is 81.2 Å². The van der Waals surface area contributed by atoms with Gasteiger partial charge in [0.05, 0.1) is 12.2 Å². The average Bonchev–Trinajstić information content (AvgIpc) is 2.61. The van der Waals surface area contributed by atoms with Crippen LogP contribution in [-0.4, -0.2) is 43.3 Å². The SMILES string of the molecule is CCN(CC)CC1CCC(CN)O1. The van der Waals surface area contributed by atoms with E-state index in [1.54, 1.807) is 0 Å². The molecule has 1 aliphatic heterocycles. The fraction of sp³-hybridized carbons (Fsp3) is 1.00. The normalized spacial score (nSPS) is 28.6. The molecule has 0 radical (unpaired) electrons. The summed E-state index contributed by atoms with van der Waals surface area (Å²) in [5, 5.41) is 0. The predicted octanol–water partition coefficient (Wildman–Crippen LogP) is 0.834. The Morgan fingerprint density at radius 1 is 1.23 bits per heavy atom. The van der Waals surface area contributed by atoms with Crippen molar-refractivity contribution in [2.45, 2.75) is 38.9 Å². The minimum absolute atomic E-state index is 0.320. The maximum Gasteiger partial charge on any atom is 0.0707 e. The van der Waals surface area contributed by atoms with Crippen LogP contribution in [0.5, 0.6) is 0 Å². The van der Waals surface area contributed by atoms with E-state index in [1.807, 2.05) is 0 Å². The zero-order chi connectivity index (χ0) is 9.68. The molecule has 0 aliphatic carbocycles. The summed E-state index contributed by atoms with van der Waals surface area (Å²) in [5.74, 6) is 0. The maximum absolute atomic E-state index is 5.78. The third kappa shape index (κ3) is 3.25. The molecule has 3 nitrogen and oxygen atoms in total. The number of nitrogens with two attached hydrogens (primary N) is 1. The summed E-state index contributed by atoms with van der Waals surface area (Å²) in [6.07, 6.45) is 3.06. The Morgan fingerprint density at radius 3 is 2.31 bits per heavy atom. The van der Waals surface area contributed by atoms with Gasteiger partial charge in [-0.15, -0.1) is 0 Å². The molecule has 1 saturated heterocycles. The molecule has 0 amide bonds. The molecule has 2 N–H and O–H groups in total. The Morgan fingerprint density at radius 2 is 1.85 bits per heavy atom. The van der Waals surface area contributed by atoms with Crippen molar-refractivity contribution in [2.75, 3.05) is 26.2 Å². The molecule has 1 aliphatic rings. The summed E-state index contributed by atoms with van der Waals surface area (Å²) in [7, 11) is 0. The van der Waals surface area contributed by atoms with Gasteiger partial charge in [0, 0.05) is 13.1 Å². The molecule has 0 saturated carbocycles. The smallest absolute Gasteiger partial charge is 0.0707 e. The van der Waals surface area contributed by atoms with Gasteiger partial charge in [0.25, 0.3) is 0 Å². The number of nitrogens with zero attached hydrogens (tertiary/aromatic N) is 1. The highest BCUT2D eigenvalue weighted by Crippen LogP contribution is 2.19. The van der Waals surface area contributed by atoms with Crippen LogP contribution in [-0.2, 0) is 4.74 Å². The van der Waals surface area contributed by atoms with Crippen LogP contribution in [0, 0.1) is 0 Å². The van der Waals surface area contributed by atoms with Crippen molar-refractivity contribution in [1.29, 1.82) is 0 Å². The topological polar surface area (TPSA) is 38.5 Å². The minimum atomic E-state index is 0.320. The first-order chi connectivity index (χ1) is 6.30. The number of rotatable bonds is 5. The van der Waals surface area contributed by atoms with Gasteiger partial charge < -0.3 is 15.4 Å². The molecule has 1 rings (SSSR count). The Hall–Kier alpha value is -0.120.